The molecule has 2 heterocycles. The zero-order valence-electron chi connectivity index (χ0n) is 30.8. The molecule has 0 aliphatic rings. The molecule has 0 saturated carbocycles. The van der Waals surface area contributed by atoms with Crippen LogP contribution in [0.1, 0.15) is 0 Å². The predicted octanol–water partition coefficient (Wildman–Crippen LogP) is 14.1. The Morgan fingerprint density at radius 1 is 0.298 bits per heavy atom. The van der Waals surface area contributed by atoms with Crippen molar-refractivity contribution in [1.29, 1.82) is 0 Å². The third-order valence-electron chi connectivity index (χ3n) is 10.9. The second-order valence-electron chi connectivity index (χ2n) is 14.4. The van der Waals surface area contributed by atoms with Crippen molar-refractivity contribution in [1.82, 2.24) is 15.0 Å². The van der Waals surface area contributed by atoms with E-state index in [9.17, 15) is 0 Å². The predicted molar refractivity (Wildman–Crippen MR) is 235 cm³/mol. The van der Waals surface area contributed by atoms with Crippen LogP contribution in [-0.4, -0.2) is 15.0 Å². The summed E-state index contributed by atoms with van der Waals surface area (Å²) < 4.78 is 6.54. The van der Waals surface area contributed by atoms with Gasteiger partial charge < -0.3 is 4.42 Å². The number of benzene rings is 9. The summed E-state index contributed by atoms with van der Waals surface area (Å²) in [6.45, 7) is 0. The Hall–Kier alpha value is -7.69. The van der Waals surface area contributed by atoms with Crippen molar-refractivity contribution in [3.05, 3.63) is 200 Å². The Kier molecular flexibility index (Phi) is 7.78. The van der Waals surface area contributed by atoms with Crippen molar-refractivity contribution in [2.75, 3.05) is 0 Å². The van der Waals surface area contributed by atoms with E-state index in [1.54, 1.807) is 0 Å². The average molecular weight is 728 g/mol. The Balaban J connectivity index is 1.12. The SMILES string of the molecule is c1ccc(-c2cccc(-c3ccc(-c4nc(-c5c(-c6ccc7ccccc7c6)ccc6ccccc56)nc(-c5cccc6c5oc5ccccc56)n4)cc3)c2)cc1. The van der Waals surface area contributed by atoms with Crippen molar-refractivity contribution in [3.8, 4) is 67.5 Å². The number of rotatable bonds is 6. The third kappa shape index (κ3) is 5.83. The van der Waals surface area contributed by atoms with Crippen LogP contribution in [0.2, 0.25) is 0 Å². The van der Waals surface area contributed by atoms with Crippen molar-refractivity contribution in [3.63, 3.8) is 0 Å². The van der Waals surface area contributed by atoms with Crippen molar-refractivity contribution >= 4 is 43.5 Å². The topological polar surface area (TPSA) is 51.8 Å². The normalized spacial score (nSPS) is 11.5. The maximum absolute atomic E-state index is 6.54. The van der Waals surface area contributed by atoms with E-state index in [-0.39, 0.29) is 0 Å². The van der Waals surface area contributed by atoms with Gasteiger partial charge in [-0.05, 0) is 79.2 Å². The quantitative estimate of drug-likeness (QED) is 0.171. The molecule has 4 nitrogen and oxygen atoms in total. The standard InChI is InChI=1S/C53H33N3O/c1-2-12-34(13-3-1)40-17-10-18-41(32-40)36-24-27-38(28-25-36)51-54-52(47-22-11-21-46-45-20-8-9-23-48(45)57-50(46)47)56-53(55-51)49-43-19-7-6-15-37(43)30-31-44(49)42-29-26-35-14-4-5-16-39(35)33-42/h1-33H. The second kappa shape index (κ2) is 13.6. The van der Waals surface area contributed by atoms with Crippen LogP contribution in [-0.2, 0) is 0 Å². The molecule has 0 amide bonds. The molecule has 0 aliphatic heterocycles. The van der Waals surface area contributed by atoms with Crippen LogP contribution in [0, 0.1) is 0 Å². The number of aromatic nitrogens is 3. The van der Waals surface area contributed by atoms with Crippen LogP contribution in [0.5, 0.6) is 0 Å². The van der Waals surface area contributed by atoms with Crippen LogP contribution < -0.4 is 0 Å². The lowest BCUT2D eigenvalue weighted by molar-refractivity contribution is 0.669. The fraction of sp³-hybridized carbons (Fsp3) is 0. The van der Waals surface area contributed by atoms with Crippen molar-refractivity contribution in [2.24, 2.45) is 0 Å². The van der Waals surface area contributed by atoms with E-state index >= 15 is 0 Å². The maximum Gasteiger partial charge on any atom is 0.167 e. The second-order valence-corrected chi connectivity index (χ2v) is 14.4. The minimum atomic E-state index is 0.552. The van der Waals surface area contributed by atoms with E-state index in [4.69, 9.17) is 19.4 Å². The van der Waals surface area contributed by atoms with Gasteiger partial charge in [0.15, 0.2) is 17.5 Å². The number of hydrogen-bond acceptors (Lipinski definition) is 4. The van der Waals surface area contributed by atoms with E-state index in [0.29, 0.717) is 17.5 Å². The Morgan fingerprint density at radius 3 is 1.72 bits per heavy atom. The highest BCUT2D eigenvalue weighted by molar-refractivity contribution is 6.09. The van der Waals surface area contributed by atoms with E-state index in [0.717, 1.165) is 71.7 Å². The Bertz CT molecular complexity index is 3290. The molecule has 11 rings (SSSR count). The molecule has 0 unspecified atom stereocenters. The van der Waals surface area contributed by atoms with Gasteiger partial charge in [-0.15, -0.1) is 0 Å². The fourth-order valence-corrected chi connectivity index (χ4v) is 8.09. The minimum absolute atomic E-state index is 0.552. The number of fused-ring (bicyclic) bond motifs is 5. The van der Waals surface area contributed by atoms with Crippen LogP contribution in [0.15, 0.2) is 205 Å². The van der Waals surface area contributed by atoms with Crippen LogP contribution in [0.3, 0.4) is 0 Å². The lowest BCUT2D eigenvalue weighted by Crippen LogP contribution is -2.02. The minimum Gasteiger partial charge on any atom is -0.455 e. The van der Waals surface area contributed by atoms with Crippen molar-refractivity contribution in [2.45, 2.75) is 0 Å². The molecule has 11 aromatic rings. The van der Waals surface area contributed by atoms with Crippen LogP contribution in [0.4, 0.5) is 0 Å². The third-order valence-corrected chi connectivity index (χ3v) is 10.9. The molecular formula is C53H33N3O. The molecule has 0 atom stereocenters. The molecule has 0 fully saturated rings. The first kappa shape index (κ1) is 32.7. The molecule has 0 N–H and O–H groups in total. The Morgan fingerprint density at radius 2 is 0.877 bits per heavy atom. The van der Waals surface area contributed by atoms with Gasteiger partial charge in [0.2, 0.25) is 0 Å². The largest absolute Gasteiger partial charge is 0.455 e. The molecule has 0 radical (unpaired) electrons. The first-order valence-electron chi connectivity index (χ1n) is 19.2. The molecule has 4 heteroatoms. The number of furan rings is 1. The molecule has 57 heavy (non-hydrogen) atoms. The molecule has 0 aliphatic carbocycles. The highest BCUT2D eigenvalue weighted by Crippen LogP contribution is 2.41. The van der Waals surface area contributed by atoms with Gasteiger partial charge in [0.05, 0.1) is 5.56 Å². The smallest absolute Gasteiger partial charge is 0.167 e. The molecule has 0 bridgehead atoms. The number of nitrogens with zero attached hydrogens (tertiary/aromatic N) is 3. The average Bonchev–Trinajstić information content (AvgIpc) is 3.68. The summed E-state index contributed by atoms with van der Waals surface area (Å²) in [6.07, 6.45) is 0. The van der Waals surface area contributed by atoms with Gasteiger partial charge in [0, 0.05) is 21.9 Å². The van der Waals surface area contributed by atoms with Gasteiger partial charge in [-0.3, -0.25) is 0 Å². The molecule has 0 spiro atoms. The monoisotopic (exact) mass is 727 g/mol. The molecule has 2 aromatic heterocycles. The highest BCUT2D eigenvalue weighted by Gasteiger charge is 2.21. The number of hydrogen-bond donors (Lipinski definition) is 0. The summed E-state index contributed by atoms with van der Waals surface area (Å²) in [5.41, 5.74) is 11.0. The van der Waals surface area contributed by atoms with E-state index in [1.165, 1.54) is 21.9 Å². The summed E-state index contributed by atoms with van der Waals surface area (Å²) in [7, 11) is 0. The lowest BCUT2D eigenvalue weighted by Gasteiger charge is -2.15. The van der Waals surface area contributed by atoms with Gasteiger partial charge in [-0.1, -0.05) is 176 Å². The van der Waals surface area contributed by atoms with Crippen LogP contribution >= 0.6 is 0 Å². The van der Waals surface area contributed by atoms with E-state index in [2.05, 4.69) is 170 Å². The van der Waals surface area contributed by atoms with Gasteiger partial charge in [0.1, 0.15) is 11.2 Å². The summed E-state index contributed by atoms with van der Waals surface area (Å²) in [5, 5.41) is 6.64. The highest BCUT2D eigenvalue weighted by atomic mass is 16.3. The number of para-hydroxylation sites is 2. The molecule has 266 valence electrons. The van der Waals surface area contributed by atoms with Crippen molar-refractivity contribution < 1.29 is 4.42 Å². The fourth-order valence-electron chi connectivity index (χ4n) is 8.09. The zero-order valence-corrected chi connectivity index (χ0v) is 30.8. The molecule has 0 saturated heterocycles. The van der Waals surface area contributed by atoms with Gasteiger partial charge in [-0.2, -0.15) is 0 Å². The molecule has 9 aromatic carbocycles. The van der Waals surface area contributed by atoms with E-state index in [1.807, 2.05) is 30.3 Å². The first-order chi connectivity index (χ1) is 28.2. The van der Waals surface area contributed by atoms with Gasteiger partial charge >= 0.3 is 0 Å². The van der Waals surface area contributed by atoms with E-state index < -0.39 is 0 Å². The Labute approximate surface area is 329 Å². The van der Waals surface area contributed by atoms with Gasteiger partial charge in [-0.25, -0.2) is 15.0 Å². The summed E-state index contributed by atoms with van der Waals surface area (Å²) in [4.78, 5) is 15.9. The molecular weight excluding hydrogens is 695 g/mol. The zero-order chi connectivity index (χ0) is 37.7. The van der Waals surface area contributed by atoms with Crippen LogP contribution in [0.25, 0.3) is 111 Å². The summed E-state index contributed by atoms with van der Waals surface area (Å²) >= 11 is 0. The van der Waals surface area contributed by atoms with Gasteiger partial charge in [0.25, 0.3) is 0 Å². The summed E-state index contributed by atoms with van der Waals surface area (Å²) in [6, 6.07) is 70.0. The first-order valence-corrected chi connectivity index (χ1v) is 19.2. The summed E-state index contributed by atoms with van der Waals surface area (Å²) in [5.74, 6) is 1.74. The lowest BCUT2D eigenvalue weighted by atomic mass is 9.92. The maximum atomic E-state index is 6.54.